The van der Waals surface area contributed by atoms with Gasteiger partial charge in [-0.05, 0) is 30.5 Å². The third-order valence-corrected chi connectivity index (χ3v) is 6.12. The molecule has 6 nitrogen and oxygen atoms in total. The largest absolute Gasteiger partial charge is 0.497 e. The SMILES string of the molecule is COc1ccc(C2CCCN2C(=O)C2CC(=O)N(Cc3ccccc3)C2)c(OC)c1. The Labute approximate surface area is 177 Å². The van der Waals surface area contributed by atoms with Crippen molar-refractivity contribution in [3.8, 4) is 11.5 Å². The summed E-state index contributed by atoms with van der Waals surface area (Å²) in [5, 5.41) is 0. The first-order valence-electron chi connectivity index (χ1n) is 10.4. The fourth-order valence-electron chi connectivity index (χ4n) is 4.58. The van der Waals surface area contributed by atoms with Crippen molar-refractivity contribution in [2.24, 2.45) is 5.92 Å². The van der Waals surface area contributed by atoms with Gasteiger partial charge in [-0.2, -0.15) is 0 Å². The van der Waals surface area contributed by atoms with E-state index >= 15 is 0 Å². The molecule has 2 amide bonds. The van der Waals surface area contributed by atoms with Crippen LogP contribution in [0.25, 0.3) is 0 Å². The smallest absolute Gasteiger partial charge is 0.228 e. The molecule has 4 rings (SSSR count). The quantitative estimate of drug-likeness (QED) is 0.735. The van der Waals surface area contributed by atoms with E-state index in [2.05, 4.69) is 0 Å². The van der Waals surface area contributed by atoms with Gasteiger partial charge in [-0.15, -0.1) is 0 Å². The van der Waals surface area contributed by atoms with Gasteiger partial charge < -0.3 is 19.3 Å². The number of nitrogens with zero attached hydrogens (tertiary/aromatic N) is 2. The molecule has 30 heavy (non-hydrogen) atoms. The average molecular weight is 408 g/mol. The zero-order chi connectivity index (χ0) is 21.1. The molecule has 0 aromatic heterocycles. The standard InChI is InChI=1S/C24H28N2O4/c1-29-19-10-11-20(22(14-19)30-2)21-9-6-12-26(21)24(28)18-13-23(27)25(16-18)15-17-7-4-3-5-8-17/h3-5,7-8,10-11,14,18,21H,6,9,12-13,15-16H2,1-2H3. The summed E-state index contributed by atoms with van der Waals surface area (Å²) in [5.41, 5.74) is 2.08. The van der Waals surface area contributed by atoms with E-state index < -0.39 is 0 Å². The van der Waals surface area contributed by atoms with E-state index in [0.29, 0.717) is 19.6 Å². The predicted molar refractivity (Wildman–Crippen MR) is 113 cm³/mol. The molecule has 2 aromatic carbocycles. The summed E-state index contributed by atoms with van der Waals surface area (Å²) in [6.07, 6.45) is 2.12. The Kier molecular flexibility index (Phi) is 5.93. The first-order valence-corrected chi connectivity index (χ1v) is 10.4. The Morgan fingerprint density at radius 2 is 1.90 bits per heavy atom. The zero-order valence-corrected chi connectivity index (χ0v) is 17.5. The number of benzene rings is 2. The van der Waals surface area contributed by atoms with Crippen molar-refractivity contribution in [1.29, 1.82) is 0 Å². The summed E-state index contributed by atoms with van der Waals surface area (Å²) in [7, 11) is 3.26. The second-order valence-corrected chi connectivity index (χ2v) is 7.96. The van der Waals surface area contributed by atoms with Gasteiger partial charge >= 0.3 is 0 Å². The lowest BCUT2D eigenvalue weighted by Crippen LogP contribution is -2.37. The molecule has 2 aliphatic heterocycles. The number of likely N-dealkylation sites (tertiary alicyclic amines) is 2. The van der Waals surface area contributed by atoms with E-state index in [1.54, 1.807) is 19.1 Å². The van der Waals surface area contributed by atoms with Crippen LogP contribution in [0.4, 0.5) is 0 Å². The number of ether oxygens (including phenoxy) is 2. The van der Waals surface area contributed by atoms with Gasteiger partial charge in [0.25, 0.3) is 0 Å². The highest BCUT2D eigenvalue weighted by atomic mass is 16.5. The molecule has 2 aromatic rings. The summed E-state index contributed by atoms with van der Waals surface area (Å²) < 4.78 is 10.9. The van der Waals surface area contributed by atoms with Gasteiger partial charge in [-0.1, -0.05) is 30.3 Å². The number of carbonyl (C=O) groups is 2. The van der Waals surface area contributed by atoms with Crippen LogP contribution in [0.1, 0.15) is 36.4 Å². The van der Waals surface area contributed by atoms with Crippen molar-refractivity contribution in [3.05, 3.63) is 59.7 Å². The second kappa shape index (κ2) is 8.78. The molecule has 2 atom stereocenters. The maximum atomic E-state index is 13.4. The van der Waals surface area contributed by atoms with E-state index in [1.165, 1.54) is 0 Å². The summed E-state index contributed by atoms with van der Waals surface area (Å²) >= 11 is 0. The first-order chi connectivity index (χ1) is 14.6. The van der Waals surface area contributed by atoms with E-state index in [4.69, 9.17) is 9.47 Å². The third kappa shape index (κ3) is 3.99. The summed E-state index contributed by atoms with van der Waals surface area (Å²) in [6, 6.07) is 15.6. The molecule has 0 N–H and O–H groups in total. The van der Waals surface area contributed by atoms with Crippen LogP contribution in [-0.4, -0.2) is 48.9 Å². The Morgan fingerprint density at radius 1 is 1.10 bits per heavy atom. The van der Waals surface area contributed by atoms with Gasteiger partial charge in [0.05, 0.1) is 26.2 Å². The Balaban J connectivity index is 1.48. The van der Waals surface area contributed by atoms with Crippen molar-refractivity contribution >= 4 is 11.8 Å². The topological polar surface area (TPSA) is 59.1 Å². The normalized spacial score (nSPS) is 21.2. The van der Waals surface area contributed by atoms with Gasteiger partial charge in [-0.25, -0.2) is 0 Å². The van der Waals surface area contributed by atoms with Gasteiger partial charge in [0, 0.05) is 37.7 Å². The van der Waals surface area contributed by atoms with Crippen LogP contribution in [0.5, 0.6) is 11.5 Å². The highest BCUT2D eigenvalue weighted by molar-refractivity contribution is 5.89. The molecule has 0 radical (unpaired) electrons. The number of amides is 2. The van der Waals surface area contributed by atoms with Crippen LogP contribution in [-0.2, 0) is 16.1 Å². The van der Waals surface area contributed by atoms with Crippen LogP contribution in [0.15, 0.2) is 48.5 Å². The van der Waals surface area contributed by atoms with Crippen LogP contribution >= 0.6 is 0 Å². The number of rotatable bonds is 6. The molecule has 0 spiro atoms. The summed E-state index contributed by atoms with van der Waals surface area (Å²) in [5.74, 6) is 1.29. The van der Waals surface area contributed by atoms with Crippen LogP contribution in [0.3, 0.4) is 0 Å². The monoisotopic (exact) mass is 408 g/mol. The third-order valence-electron chi connectivity index (χ3n) is 6.12. The van der Waals surface area contributed by atoms with Gasteiger partial charge in [0.1, 0.15) is 11.5 Å². The lowest BCUT2D eigenvalue weighted by molar-refractivity contribution is -0.136. The van der Waals surface area contributed by atoms with E-state index in [9.17, 15) is 9.59 Å². The van der Waals surface area contributed by atoms with Crippen LogP contribution < -0.4 is 9.47 Å². The molecule has 0 saturated carbocycles. The number of hydrogen-bond donors (Lipinski definition) is 0. The molecular formula is C24H28N2O4. The molecule has 0 aliphatic carbocycles. The molecule has 2 fully saturated rings. The van der Waals surface area contributed by atoms with Gasteiger partial charge in [0.2, 0.25) is 11.8 Å². The van der Waals surface area contributed by atoms with E-state index in [0.717, 1.165) is 35.5 Å². The highest BCUT2D eigenvalue weighted by Gasteiger charge is 2.40. The van der Waals surface area contributed by atoms with Crippen molar-refractivity contribution < 1.29 is 19.1 Å². The van der Waals surface area contributed by atoms with Crippen LogP contribution in [0, 0.1) is 5.92 Å². The number of hydrogen-bond acceptors (Lipinski definition) is 4. The summed E-state index contributed by atoms with van der Waals surface area (Å²) in [6.45, 7) is 1.75. The number of carbonyl (C=O) groups excluding carboxylic acids is 2. The Bertz CT molecular complexity index is 915. The van der Waals surface area contributed by atoms with Crippen molar-refractivity contribution in [3.63, 3.8) is 0 Å². The molecule has 2 heterocycles. The van der Waals surface area contributed by atoms with E-state index in [-0.39, 0.29) is 30.2 Å². The van der Waals surface area contributed by atoms with E-state index in [1.807, 2.05) is 53.4 Å². The zero-order valence-electron chi connectivity index (χ0n) is 17.5. The molecule has 158 valence electrons. The van der Waals surface area contributed by atoms with Crippen molar-refractivity contribution in [2.45, 2.75) is 31.8 Å². The maximum absolute atomic E-state index is 13.4. The minimum absolute atomic E-state index is 0.0309. The maximum Gasteiger partial charge on any atom is 0.228 e. The fourth-order valence-corrected chi connectivity index (χ4v) is 4.58. The van der Waals surface area contributed by atoms with Gasteiger partial charge in [-0.3, -0.25) is 9.59 Å². The minimum Gasteiger partial charge on any atom is -0.497 e. The summed E-state index contributed by atoms with van der Waals surface area (Å²) in [4.78, 5) is 29.7. The Morgan fingerprint density at radius 3 is 2.63 bits per heavy atom. The molecular weight excluding hydrogens is 380 g/mol. The lowest BCUT2D eigenvalue weighted by atomic mass is 10.0. The molecule has 2 saturated heterocycles. The minimum atomic E-state index is -0.286. The van der Waals surface area contributed by atoms with Crippen LogP contribution in [0.2, 0.25) is 0 Å². The molecule has 0 bridgehead atoms. The fraction of sp³-hybridized carbons (Fsp3) is 0.417. The molecule has 2 aliphatic rings. The predicted octanol–water partition coefficient (Wildman–Crippen LogP) is 3.42. The van der Waals surface area contributed by atoms with Crippen molar-refractivity contribution in [1.82, 2.24) is 9.80 Å². The number of methoxy groups -OCH3 is 2. The highest BCUT2D eigenvalue weighted by Crippen LogP contribution is 2.40. The average Bonchev–Trinajstić information content (AvgIpc) is 3.40. The molecule has 2 unspecified atom stereocenters. The van der Waals surface area contributed by atoms with Crippen molar-refractivity contribution in [2.75, 3.05) is 27.3 Å². The Hall–Kier alpha value is -3.02. The first kappa shape index (κ1) is 20.3. The lowest BCUT2D eigenvalue weighted by Gasteiger charge is -2.28. The van der Waals surface area contributed by atoms with Gasteiger partial charge in [0.15, 0.2) is 0 Å². The second-order valence-electron chi connectivity index (χ2n) is 7.96. The molecule has 6 heteroatoms.